The molecule has 0 bridgehead atoms. The standard InChI is InChI=1S/C9H7FO3/c10-7-4-2-1-3-6(7)9(5-13-9)8(11)12/h1-4H,5H2,(H,11,12). The Kier molecular flexibility index (Phi) is 1.60. The topological polar surface area (TPSA) is 49.8 Å². The van der Waals surface area contributed by atoms with Gasteiger partial charge in [0.15, 0.2) is 0 Å². The van der Waals surface area contributed by atoms with Crippen LogP contribution in [0, 0.1) is 5.82 Å². The molecule has 0 saturated carbocycles. The van der Waals surface area contributed by atoms with Gasteiger partial charge in [-0.2, -0.15) is 0 Å². The summed E-state index contributed by atoms with van der Waals surface area (Å²) in [4.78, 5) is 10.7. The lowest BCUT2D eigenvalue weighted by Gasteiger charge is -2.06. The lowest BCUT2D eigenvalue weighted by Crippen LogP contribution is -2.22. The summed E-state index contributed by atoms with van der Waals surface area (Å²) in [5, 5.41) is 8.79. The van der Waals surface area contributed by atoms with E-state index >= 15 is 0 Å². The van der Waals surface area contributed by atoms with Gasteiger partial charge in [-0.05, 0) is 6.07 Å². The van der Waals surface area contributed by atoms with E-state index < -0.39 is 17.4 Å². The highest BCUT2D eigenvalue weighted by molar-refractivity contribution is 5.82. The lowest BCUT2D eigenvalue weighted by molar-refractivity contribution is -0.143. The minimum atomic E-state index is -1.43. The Morgan fingerprint density at radius 1 is 1.54 bits per heavy atom. The van der Waals surface area contributed by atoms with Gasteiger partial charge in [0.25, 0.3) is 0 Å². The molecular weight excluding hydrogens is 175 g/mol. The Morgan fingerprint density at radius 2 is 2.15 bits per heavy atom. The predicted molar refractivity (Wildman–Crippen MR) is 41.7 cm³/mol. The Balaban J connectivity index is 2.47. The van der Waals surface area contributed by atoms with E-state index in [0.717, 1.165) is 0 Å². The van der Waals surface area contributed by atoms with Crippen LogP contribution in [-0.4, -0.2) is 17.7 Å². The largest absolute Gasteiger partial charge is 0.479 e. The molecule has 1 saturated heterocycles. The van der Waals surface area contributed by atoms with Crippen molar-refractivity contribution in [3.05, 3.63) is 35.6 Å². The number of halogens is 1. The van der Waals surface area contributed by atoms with E-state index in [1.165, 1.54) is 18.2 Å². The summed E-state index contributed by atoms with van der Waals surface area (Å²) >= 11 is 0. The average molecular weight is 182 g/mol. The quantitative estimate of drug-likeness (QED) is 0.697. The van der Waals surface area contributed by atoms with Crippen LogP contribution in [0.15, 0.2) is 24.3 Å². The van der Waals surface area contributed by atoms with Crippen molar-refractivity contribution >= 4 is 5.97 Å². The molecule has 2 rings (SSSR count). The second-order valence-corrected chi connectivity index (χ2v) is 2.90. The number of epoxide rings is 1. The Hall–Kier alpha value is -1.42. The van der Waals surface area contributed by atoms with Gasteiger partial charge in [-0.15, -0.1) is 0 Å². The number of carboxylic acid groups (broad SMARTS) is 1. The first-order valence-corrected chi connectivity index (χ1v) is 3.79. The Bertz CT molecular complexity index is 358. The molecule has 3 nitrogen and oxygen atoms in total. The van der Waals surface area contributed by atoms with E-state index in [-0.39, 0.29) is 12.2 Å². The second-order valence-electron chi connectivity index (χ2n) is 2.90. The Labute approximate surface area is 73.8 Å². The maximum absolute atomic E-state index is 13.1. The average Bonchev–Trinajstić information content (AvgIpc) is 2.85. The highest BCUT2D eigenvalue weighted by Crippen LogP contribution is 2.39. The van der Waals surface area contributed by atoms with Gasteiger partial charge in [0.1, 0.15) is 5.82 Å². The number of hydrogen-bond acceptors (Lipinski definition) is 2. The van der Waals surface area contributed by atoms with Crippen molar-refractivity contribution in [2.75, 3.05) is 6.61 Å². The number of carboxylic acids is 1. The first-order chi connectivity index (χ1) is 6.17. The van der Waals surface area contributed by atoms with Crippen molar-refractivity contribution in [1.29, 1.82) is 0 Å². The normalized spacial score (nSPS) is 25.6. The summed E-state index contributed by atoms with van der Waals surface area (Å²) in [6.45, 7) is 0.0449. The molecule has 0 spiro atoms. The van der Waals surface area contributed by atoms with Crippen LogP contribution in [0.1, 0.15) is 5.56 Å². The van der Waals surface area contributed by atoms with Crippen molar-refractivity contribution in [3.8, 4) is 0 Å². The smallest absolute Gasteiger partial charge is 0.343 e. The first-order valence-electron chi connectivity index (χ1n) is 3.79. The molecule has 1 atom stereocenters. The fraction of sp³-hybridized carbons (Fsp3) is 0.222. The van der Waals surface area contributed by atoms with Gasteiger partial charge in [-0.3, -0.25) is 0 Å². The minimum Gasteiger partial charge on any atom is -0.479 e. The molecule has 0 radical (unpaired) electrons. The number of ether oxygens (including phenoxy) is 1. The van der Waals surface area contributed by atoms with E-state index in [2.05, 4.69) is 0 Å². The number of aliphatic carboxylic acids is 1. The zero-order chi connectivity index (χ0) is 9.47. The molecule has 1 heterocycles. The van der Waals surface area contributed by atoms with Crippen molar-refractivity contribution in [1.82, 2.24) is 0 Å². The number of benzene rings is 1. The van der Waals surface area contributed by atoms with Crippen molar-refractivity contribution < 1.29 is 19.0 Å². The van der Waals surface area contributed by atoms with Gasteiger partial charge in [-0.1, -0.05) is 18.2 Å². The third-order valence-electron chi connectivity index (χ3n) is 2.09. The summed E-state index contributed by atoms with van der Waals surface area (Å²) < 4.78 is 17.9. The second kappa shape index (κ2) is 2.53. The van der Waals surface area contributed by atoms with Crippen LogP contribution in [0.4, 0.5) is 4.39 Å². The van der Waals surface area contributed by atoms with Crippen LogP contribution in [0.3, 0.4) is 0 Å². The van der Waals surface area contributed by atoms with E-state index in [4.69, 9.17) is 9.84 Å². The van der Waals surface area contributed by atoms with E-state index in [9.17, 15) is 9.18 Å². The SMILES string of the molecule is O=C(O)C1(c2ccccc2F)CO1. The van der Waals surface area contributed by atoms with Crippen LogP contribution in [0.5, 0.6) is 0 Å². The highest BCUT2D eigenvalue weighted by Gasteiger charge is 2.55. The van der Waals surface area contributed by atoms with Crippen LogP contribution in [-0.2, 0) is 15.1 Å². The van der Waals surface area contributed by atoms with Crippen LogP contribution >= 0.6 is 0 Å². The van der Waals surface area contributed by atoms with Crippen LogP contribution in [0.2, 0.25) is 0 Å². The molecule has 0 aromatic heterocycles. The Morgan fingerprint density at radius 3 is 2.62 bits per heavy atom. The summed E-state index contributed by atoms with van der Waals surface area (Å²) in [7, 11) is 0. The molecule has 68 valence electrons. The maximum Gasteiger partial charge on any atom is 0.343 e. The molecule has 13 heavy (non-hydrogen) atoms. The number of hydrogen-bond donors (Lipinski definition) is 1. The fourth-order valence-electron chi connectivity index (χ4n) is 1.26. The number of carbonyl (C=O) groups is 1. The summed E-state index contributed by atoms with van der Waals surface area (Å²) in [6, 6.07) is 5.75. The van der Waals surface area contributed by atoms with Gasteiger partial charge in [-0.25, -0.2) is 9.18 Å². The predicted octanol–water partition coefficient (Wildman–Crippen LogP) is 1.14. The van der Waals surface area contributed by atoms with Gasteiger partial charge in [0.05, 0.1) is 6.61 Å². The molecular formula is C9H7FO3. The molecule has 1 aliphatic heterocycles. The first kappa shape index (κ1) is 8.19. The van der Waals surface area contributed by atoms with Gasteiger partial charge in [0.2, 0.25) is 5.60 Å². The molecule has 1 unspecified atom stereocenters. The maximum atomic E-state index is 13.1. The van der Waals surface area contributed by atoms with E-state index in [1.807, 2.05) is 0 Å². The van der Waals surface area contributed by atoms with Crippen LogP contribution < -0.4 is 0 Å². The zero-order valence-electron chi connectivity index (χ0n) is 6.66. The molecule has 0 aliphatic carbocycles. The molecule has 0 amide bonds. The third-order valence-corrected chi connectivity index (χ3v) is 2.09. The fourth-order valence-corrected chi connectivity index (χ4v) is 1.26. The van der Waals surface area contributed by atoms with E-state index in [1.54, 1.807) is 6.07 Å². The zero-order valence-corrected chi connectivity index (χ0v) is 6.66. The summed E-state index contributed by atoms with van der Waals surface area (Å²) in [6.07, 6.45) is 0. The molecule has 1 aliphatic rings. The van der Waals surface area contributed by atoms with Crippen LogP contribution in [0.25, 0.3) is 0 Å². The van der Waals surface area contributed by atoms with Crippen molar-refractivity contribution in [2.45, 2.75) is 5.60 Å². The van der Waals surface area contributed by atoms with Gasteiger partial charge < -0.3 is 9.84 Å². The highest BCUT2D eigenvalue weighted by atomic mass is 19.1. The summed E-state index contributed by atoms with van der Waals surface area (Å²) in [5.74, 6) is -1.68. The minimum absolute atomic E-state index is 0.0449. The third kappa shape index (κ3) is 1.10. The van der Waals surface area contributed by atoms with Crippen molar-refractivity contribution in [3.63, 3.8) is 0 Å². The molecule has 4 heteroatoms. The van der Waals surface area contributed by atoms with Gasteiger partial charge in [0, 0.05) is 5.56 Å². The molecule has 1 aromatic rings. The van der Waals surface area contributed by atoms with Gasteiger partial charge >= 0.3 is 5.97 Å². The van der Waals surface area contributed by atoms with Crippen molar-refractivity contribution in [2.24, 2.45) is 0 Å². The monoisotopic (exact) mass is 182 g/mol. The number of rotatable bonds is 2. The van der Waals surface area contributed by atoms with E-state index in [0.29, 0.717) is 0 Å². The molecule has 1 fully saturated rings. The molecule has 1 N–H and O–H groups in total. The summed E-state index contributed by atoms with van der Waals surface area (Å²) in [5.41, 5.74) is -1.33. The lowest BCUT2D eigenvalue weighted by atomic mass is 10.00. The molecule has 1 aromatic carbocycles.